The highest BCUT2D eigenvalue weighted by Crippen LogP contribution is 2.21. The number of aromatic nitrogens is 4. The van der Waals surface area contributed by atoms with E-state index in [0.29, 0.717) is 30.4 Å². The molecular weight excluding hydrogens is 402 g/mol. The molecule has 0 aliphatic carbocycles. The summed E-state index contributed by atoms with van der Waals surface area (Å²) in [5.74, 6) is 1.57. The normalized spacial score (nSPS) is 10.7. The quantitative estimate of drug-likeness (QED) is 0.454. The number of nitrogens with one attached hydrogen (secondary N) is 1. The molecule has 0 bridgehead atoms. The molecule has 0 fully saturated rings. The van der Waals surface area contributed by atoms with Crippen LogP contribution in [0.3, 0.4) is 0 Å². The molecule has 0 unspecified atom stereocenters. The zero-order valence-corrected chi connectivity index (χ0v) is 17.1. The number of carbonyl (C=O) groups is 1. The molecule has 4 aromatic rings. The van der Waals surface area contributed by atoms with Crippen molar-refractivity contribution in [2.45, 2.75) is 19.8 Å². The van der Waals surface area contributed by atoms with Crippen LogP contribution in [0.2, 0.25) is 0 Å². The molecule has 0 saturated heterocycles. The summed E-state index contributed by atoms with van der Waals surface area (Å²) >= 11 is 1.30. The lowest BCUT2D eigenvalue weighted by molar-refractivity contribution is -0.116. The van der Waals surface area contributed by atoms with E-state index < -0.39 is 0 Å². The van der Waals surface area contributed by atoms with Gasteiger partial charge >= 0.3 is 0 Å². The lowest BCUT2D eigenvalue weighted by Crippen LogP contribution is -2.12. The number of anilines is 1. The van der Waals surface area contributed by atoms with Crippen molar-refractivity contribution in [2.75, 3.05) is 11.9 Å². The van der Waals surface area contributed by atoms with Crippen molar-refractivity contribution in [3.63, 3.8) is 0 Å². The van der Waals surface area contributed by atoms with Gasteiger partial charge in [0.1, 0.15) is 11.4 Å². The van der Waals surface area contributed by atoms with Crippen LogP contribution < -0.4 is 10.1 Å². The van der Waals surface area contributed by atoms with Gasteiger partial charge in [-0.1, -0.05) is 21.8 Å². The summed E-state index contributed by atoms with van der Waals surface area (Å²) in [6.07, 6.45) is 0.598. The molecule has 2 heterocycles. The molecule has 0 aliphatic rings. The van der Waals surface area contributed by atoms with Gasteiger partial charge in [-0.15, -0.1) is 5.10 Å². The standard InChI is InChI=1S/C21H19N5O3S/c1-2-28-17-9-5-15(6-10-17)21-23-20(29-25-21)12-11-19(27)22-16-7-3-14(4-8-16)18-13-30-26-24-18/h3-10,13H,2,11-12H2,1H3,(H,22,27). The monoisotopic (exact) mass is 421 g/mol. The fourth-order valence-corrected chi connectivity index (χ4v) is 3.26. The van der Waals surface area contributed by atoms with Crippen LogP contribution in [0.25, 0.3) is 22.6 Å². The first kappa shape index (κ1) is 19.7. The Bertz CT molecular complexity index is 1090. The average molecular weight is 421 g/mol. The van der Waals surface area contributed by atoms with Gasteiger partial charge in [0.25, 0.3) is 0 Å². The number of hydrogen-bond acceptors (Lipinski definition) is 8. The molecule has 0 radical (unpaired) electrons. The number of ether oxygens (including phenoxy) is 1. The first-order valence-electron chi connectivity index (χ1n) is 9.44. The average Bonchev–Trinajstić information content (AvgIpc) is 3.46. The van der Waals surface area contributed by atoms with Gasteiger partial charge in [0.15, 0.2) is 0 Å². The van der Waals surface area contributed by atoms with Gasteiger partial charge in [0, 0.05) is 35.0 Å². The van der Waals surface area contributed by atoms with Crippen LogP contribution in [0.5, 0.6) is 5.75 Å². The van der Waals surface area contributed by atoms with Crippen molar-refractivity contribution >= 4 is 23.1 Å². The zero-order chi connectivity index (χ0) is 20.8. The molecule has 0 atom stereocenters. The van der Waals surface area contributed by atoms with E-state index in [2.05, 4.69) is 25.0 Å². The van der Waals surface area contributed by atoms with E-state index in [9.17, 15) is 4.79 Å². The molecule has 1 N–H and O–H groups in total. The van der Waals surface area contributed by atoms with Crippen LogP contribution in [0.15, 0.2) is 58.4 Å². The first-order valence-corrected chi connectivity index (χ1v) is 10.3. The Morgan fingerprint density at radius 1 is 1.10 bits per heavy atom. The molecule has 1 amide bonds. The number of rotatable bonds is 8. The van der Waals surface area contributed by atoms with Crippen LogP contribution in [0.1, 0.15) is 19.2 Å². The molecule has 0 saturated carbocycles. The van der Waals surface area contributed by atoms with Gasteiger partial charge in [0.05, 0.1) is 6.61 Å². The third-order valence-corrected chi connectivity index (χ3v) is 4.79. The Morgan fingerprint density at radius 2 is 1.87 bits per heavy atom. The van der Waals surface area contributed by atoms with Gasteiger partial charge in [-0.2, -0.15) is 4.98 Å². The zero-order valence-electron chi connectivity index (χ0n) is 16.2. The summed E-state index contributed by atoms with van der Waals surface area (Å²) in [4.78, 5) is 16.6. The summed E-state index contributed by atoms with van der Waals surface area (Å²) in [6, 6.07) is 14.9. The van der Waals surface area contributed by atoms with Crippen LogP contribution in [-0.4, -0.2) is 32.2 Å². The summed E-state index contributed by atoms with van der Waals surface area (Å²) < 4.78 is 14.5. The SMILES string of the molecule is CCOc1ccc(-c2noc(CCC(=O)Nc3ccc(-c4csnn4)cc3)n2)cc1. The minimum Gasteiger partial charge on any atom is -0.494 e. The maximum absolute atomic E-state index is 12.2. The highest BCUT2D eigenvalue weighted by atomic mass is 32.1. The second kappa shape index (κ2) is 9.27. The fraction of sp³-hybridized carbons (Fsp3) is 0.190. The van der Waals surface area contributed by atoms with Gasteiger partial charge in [-0.05, 0) is 54.9 Å². The second-order valence-corrected chi connectivity index (χ2v) is 6.99. The molecule has 0 aliphatic heterocycles. The Kier molecular flexibility index (Phi) is 6.09. The molecule has 30 heavy (non-hydrogen) atoms. The van der Waals surface area contributed by atoms with E-state index >= 15 is 0 Å². The van der Waals surface area contributed by atoms with Gasteiger partial charge in [-0.25, -0.2) is 0 Å². The predicted molar refractivity (Wildman–Crippen MR) is 113 cm³/mol. The predicted octanol–water partition coefficient (Wildman–Crippen LogP) is 4.23. The summed E-state index contributed by atoms with van der Waals surface area (Å²) in [6.45, 7) is 2.55. The number of aryl methyl sites for hydroxylation is 1. The summed E-state index contributed by atoms with van der Waals surface area (Å²) in [5, 5.41) is 12.8. The lowest BCUT2D eigenvalue weighted by atomic mass is 10.1. The van der Waals surface area contributed by atoms with Crippen LogP contribution in [0, 0.1) is 0 Å². The largest absolute Gasteiger partial charge is 0.494 e. The maximum atomic E-state index is 12.2. The molecule has 9 heteroatoms. The Labute approximate surface area is 177 Å². The van der Waals surface area contributed by atoms with Crippen LogP contribution in [-0.2, 0) is 11.2 Å². The maximum Gasteiger partial charge on any atom is 0.227 e. The molecule has 0 spiro atoms. The minimum absolute atomic E-state index is 0.126. The van der Waals surface area contributed by atoms with E-state index in [1.807, 2.05) is 60.8 Å². The Hall–Kier alpha value is -3.59. The highest BCUT2D eigenvalue weighted by Gasteiger charge is 2.11. The van der Waals surface area contributed by atoms with E-state index in [-0.39, 0.29) is 12.3 Å². The highest BCUT2D eigenvalue weighted by molar-refractivity contribution is 7.03. The van der Waals surface area contributed by atoms with Gasteiger partial charge < -0.3 is 14.6 Å². The smallest absolute Gasteiger partial charge is 0.227 e. The summed E-state index contributed by atoms with van der Waals surface area (Å²) in [7, 11) is 0. The van der Waals surface area contributed by atoms with Crippen molar-refractivity contribution in [1.29, 1.82) is 0 Å². The van der Waals surface area contributed by atoms with E-state index in [1.54, 1.807) is 0 Å². The number of carbonyl (C=O) groups excluding carboxylic acids is 1. The number of amides is 1. The number of hydrogen-bond donors (Lipinski definition) is 1. The van der Waals surface area contributed by atoms with E-state index in [1.165, 1.54) is 11.5 Å². The van der Waals surface area contributed by atoms with Crippen LogP contribution >= 0.6 is 11.5 Å². The Morgan fingerprint density at radius 3 is 2.57 bits per heavy atom. The third kappa shape index (κ3) is 4.87. The third-order valence-electron chi connectivity index (χ3n) is 4.28. The molecule has 152 valence electrons. The van der Waals surface area contributed by atoms with Crippen molar-refractivity contribution in [3.8, 4) is 28.4 Å². The summed E-state index contributed by atoms with van der Waals surface area (Å²) in [5.41, 5.74) is 3.31. The van der Waals surface area contributed by atoms with Crippen LogP contribution in [0.4, 0.5) is 5.69 Å². The van der Waals surface area contributed by atoms with Crippen molar-refractivity contribution in [1.82, 2.24) is 19.7 Å². The first-order chi connectivity index (χ1) is 14.7. The fourth-order valence-electron chi connectivity index (χ4n) is 2.80. The molecule has 8 nitrogen and oxygen atoms in total. The van der Waals surface area contributed by atoms with E-state index in [0.717, 1.165) is 22.6 Å². The van der Waals surface area contributed by atoms with Crippen molar-refractivity contribution < 1.29 is 14.1 Å². The molecule has 4 rings (SSSR count). The van der Waals surface area contributed by atoms with Gasteiger partial charge in [-0.3, -0.25) is 4.79 Å². The van der Waals surface area contributed by atoms with Crippen molar-refractivity contribution in [2.24, 2.45) is 0 Å². The van der Waals surface area contributed by atoms with E-state index in [4.69, 9.17) is 9.26 Å². The Balaban J connectivity index is 1.30. The number of benzene rings is 2. The topological polar surface area (TPSA) is 103 Å². The molecule has 2 aromatic heterocycles. The molecular formula is C21H19N5O3S. The van der Waals surface area contributed by atoms with Gasteiger partial charge in [0.2, 0.25) is 17.6 Å². The second-order valence-electron chi connectivity index (χ2n) is 6.38. The number of nitrogens with zero attached hydrogens (tertiary/aromatic N) is 4. The lowest BCUT2D eigenvalue weighted by Gasteiger charge is -2.05. The molecule has 2 aromatic carbocycles. The minimum atomic E-state index is -0.126. The van der Waals surface area contributed by atoms with Crippen molar-refractivity contribution in [3.05, 3.63) is 59.8 Å².